The number of rotatable bonds is 5. The second-order valence-corrected chi connectivity index (χ2v) is 6.55. The third-order valence-corrected chi connectivity index (χ3v) is 5.45. The van der Waals surface area contributed by atoms with Gasteiger partial charge >= 0.3 is 87.0 Å². The van der Waals surface area contributed by atoms with Gasteiger partial charge in [-0.05, 0) is 0 Å². The first-order chi connectivity index (χ1) is 5.93. The summed E-state index contributed by atoms with van der Waals surface area (Å²) in [6.07, 6.45) is 10.4. The Bertz CT molecular complexity index is 100. The first-order valence-electron chi connectivity index (χ1n) is 5.32. The molecule has 0 heterocycles. The predicted octanol–water partition coefficient (Wildman–Crippen LogP) is 3.17. The molecule has 70 valence electrons. The predicted molar refractivity (Wildman–Crippen MR) is 53.4 cm³/mol. The third kappa shape index (κ3) is 4.70. The molecule has 0 bridgehead atoms. The molecular formula is C10H20OSn. The molecule has 0 N–H and O–H groups in total. The maximum atomic E-state index is 5.96. The molecule has 1 fully saturated rings. The molecule has 0 amide bonds. The van der Waals surface area contributed by atoms with Crippen molar-refractivity contribution in [1.29, 1.82) is 0 Å². The molecule has 2 heteroatoms. The van der Waals surface area contributed by atoms with Crippen molar-refractivity contribution in [3.63, 3.8) is 0 Å². The first kappa shape index (κ1) is 10.8. The van der Waals surface area contributed by atoms with Crippen LogP contribution in [0, 0.1) is 0 Å². The van der Waals surface area contributed by atoms with E-state index in [1.807, 2.05) is 0 Å². The van der Waals surface area contributed by atoms with Crippen LogP contribution in [-0.4, -0.2) is 27.7 Å². The van der Waals surface area contributed by atoms with Crippen molar-refractivity contribution in [2.75, 3.05) is 0 Å². The van der Waals surface area contributed by atoms with E-state index >= 15 is 0 Å². The molecule has 0 aromatic heterocycles. The summed E-state index contributed by atoms with van der Waals surface area (Å²) in [5.74, 6) is 0. The fraction of sp³-hybridized carbons (Fsp3) is 1.00. The molecule has 1 saturated carbocycles. The Kier molecular flexibility index (Phi) is 6.49. The number of unbranched alkanes of at least 4 members (excludes halogenated alkanes) is 1. The molecular weight excluding hydrogens is 255 g/mol. The molecule has 0 aromatic rings. The van der Waals surface area contributed by atoms with E-state index in [1.165, 1.54) is 49.4 Å². The Hall–Kier alpha value is 0.759. The summed E-state index contributed by atoms with van der Waals surface area (Å²) in [4.78, 5) is 0. The van der Waals surface area contributed by atoms with Crippen molar-refractivity contribution < 1.29 is 3.07 Å². The van der Waals surface area contributed by atoms with Crippen LogP contribution in [0.1, 0.15) is 51.9 Å². The molecule has 0 unspecified atom stereocenters. The Labute approximate surface area is 87.0 Å². The monoisotopic (exact) mass is 276 g/mol. The normalized spacial score (nSPS) is 19.8. The van der Waals surface area contributed by atoms with Crippen LogP contribution in [0.5, 0.6) is 0 Å². The minimum atomic E-state index is -0.401. The molecule has 0 saturated heterocycles. The van der Waals surface area contributed by atoms with Gasteiger partial charge in [0.2, 0.25) is 0 Å². The summed E-state index contributed by atoms with van der Waals surface area (Å²) >= 11 is -0.401. The van der Waals surface area contributed by atoms with Gasteiger partial charge in [-0.1, -0.05) is 0 Å². The molecule has 0 aromatic carbocycles. The Morgan fingerprint density at radius 3 is 2.67 bits per heavy atom. The van der Waals surface area contributed by atoms with E-state index in [-0.39, 0.29) is 0 Å². The van der Waals surface area contributed by atoms with Gasteiger partial charge in [-0.25, -0.2) is 0 Å². The summed E-state index contributed by atoms with van der Waals surface area (Å²) < 4.78 is 7.38. The standard InChI is InChI=1S/C6H11O.C4H9.Sn/c7-6-4-2-1-3-5-6;1-3-4-2;/h6H,1-5H2;1,3-4H2,2H3;/q-1;;+1. The van der Waals surface area contributed by atoms with Crippen molar-refractivity contribution in [3.8, 4) is 0 Å². The van der Waals surface area contributed by atoms with Gasteiger partial charge in [-0.15, -0.1) is 0 Å². The molecule has 1 aliphatic rings. The molecule has 12 heavy (non-hydrogen) atoms. The van der Waals surface area contributed by atoms with Crippen molar-refractivity contribution in [2.24, 2.45) is 0 Å². The SMILES string of the molecule is CCC[CH2][Sn][O]C1CCCCC1. The van der Waals surface area contributed by atoms with E-state index in [1.54, 1.807) is 0 Å². The van der Waals surface area contributed by atoms with Crippen molar-refractivity contribution in [3.05, 3.63) is 0 Å². The summed E-state index contributed by atoms with van der Waals surface area (Å²) in [6.45, 7) is 2.26. The van der Waals surface area contributed by atoms with Crippen molar-refractivity contribution >= 4 is 21.6 Å². The maximum absolute atomic E-state index is 5.96. The van der Waals surface area contributed by atoms with Gasteiger partial charge in [-0.2, -0.15) is 0 Å². The van der Waals surface area contributed by atoms with Crippen LogP contribution in [0.15, 0.2) is 0 Å². The third-order valence-electron chi connectivity index (χ3n) is 2.43. The van der Waals surface area contributed by atoms with E-state index in [9.17, 15) is 0 Å². The average Bonchev–Trinajstić information content (AvgIpc) is 2.14. The molecule has 1 nitrogen and oxygen atoms in total. The second kappa shape index (κ2) is 7.19. The first-order valence-corrected chi connectivity index (χ1v) is 8.50. The van der Waals surface area contributed by atoms with Crippen LogP contribution in [0.4, 0.5) is 0 Å². The average molecular weight is 275 g/mol. The van der Waals surface area contributed by atoms with E-state index in [0.29, 0.717) is 6.10 Å². The molecule has 1 aliphatic carbocycles. The van der Waals surface area contributed by atoms with Crippen LogP contribution >= 0.6 is 0 Å². The van der Waals surface area contributed by atoms with E-state index in [0.717, 1.165) is 0 Å². The van der Waals surface area contributed by atoms with Gasteiger partial charge < -0.3 is 0 Å². The topological polar surface area (TPSA) is 9.23 Å². The van der Waals surface area contributed by atoms with Crippen molar-refractivity contribution in [1.82, 2.24) is 0 Å². The van der Waals surface area contributed by atoms with Crippen molar-refractivity contribution in [2.45, 2.75) is 62.4 Å². The number of hydrogen-bond acceptors (Lipinski definition) is 1. The molecule has 0 atom stereocenters. The van der Waals surface area contributed by atoms with Crippen LogP contribution in [0.25, 0.3) is 0 Å². The van der Waals surface area contributed by atoms with Gasteiger partial charge in [0, 0.05) is 0 Å². The Balaban J connectivity index is 1.91. The van der Waals surface area contributed by atoms with E-state index in [2.05, 4.69) is 6.92 Å². The van der Waals surface area contributed by atoms with Gasteiger partial charge in [-0.3, -0.25) is 0 Å². The molecule has 1 rings (SSSR count). The molecule has 0 spiro atoms. The zero-order chi connectivity index (χ0) is 8.65. The molecule has 2 radical (unpaired) electrons. The zero-order valence-corrected chi connectivity index (χ0v) is 11.0. The molecule has 0 aliphatic heterocycles. The summed E-state index contributed by atoms with van der Waals surface area (Å²) in [5.41, 5.74) is 0. The zero-order valence-electron chi connectivity index (χ0n) is 8.14. The van der Waals surface area contributed by atoms with E-state index < -0.39 is 21.6 Å². The Morgan fingerprint density at radius 2 is 2.00 bits per heavy atom. The Morgan fingerprint density at radius 1 is 1.25 bits per heavy atom. The van der Waals surface area contributed by atoms with Gasteiger partial charge in [0.25, 0.3) is 0 Å². The van der Waals surface area contributed by atoms with Crippen LogP contribution in [-0.2, 0) is 3.07 Å². The summed E-state index contributed by atoms with van der Waals surface area (Å²) in [6, 6.07) is 0. The van der Waals surface area contributed by atoms with Crippen LogP contribution < -0.4 is 0 Å². The summed E-state index contributed by atoms with van der Waals surface area (Å²) in [7, 11) is 0. The minimum absolute atomic E-state index is 0.401. The van der Waals surface area contributed by atoms with Crippen LogP contribution in [0.2, 0.25) is 4.44 Å². The fourth-order valence-electron chi connectivity index (χ4n) is 1.61. The van der Waals surface area contributed by atoms with E-state index in [4.69, 9.17) is 3.07 Å². The van der Waals surface area contributed by atoms with Crippen LogP contribution in [0.3, 0.4) is 0 Å². The quantitative estimate of drug-likeness (QED) is 0.553. The number of hydrogen-bond donors (Lipinski definition) is 0. The fourth-order valence-corrected chi connectivity index (χ4v) is 4.71. The van der Waals surface area contributed by atoms with Gasteiger partial charge in [0.05, 0.1) is 0 Å². The van der Waals surface area contributed by atoms with Gasteiger partial charge in [0.1, 0.15) is 0 Å². The second-order valence-electron chi connectivity index (χ2n) is 3.63. The summed E-state index contributed by atoms with van der Waals surface area (Å²) in [5, 5.41) is 0. The van der Waals surface area contributed by atoms with Gasteiger partial charge in [0.15, 0.2) is 0 Å².